The smallest absolute Gasteiger partial charge is 0.253 e. The lowest BCUT2D eigenvalue weighted by Crippen LogP contribution is -2.44. The lowest BCUT2D eigenvalue weighted by Gasteiger charge is -2.33. The van der Waals surface area contributed by atoms with Crippen LogP contribution in [0.5, 0.6) is 0 Å². The molecule has 3 aliphatic heterocycles. The third-order valence-electron chi connectivity index (χ3n) is 6.14. The number of carbonyl (C=O) groups excluding carboxylic acids is 1. The number of amides is 1. The molecule has 0 N–H and O–H groups in total. The highest BCUT2D eigenvalue weighted by atomic mass is 16.2. The van der Waals surface area contributed by atoms with Crippen molar-refractivity contribution in [2.45, 2.75) is 63.8 Å². The maximum atomic E-state index is 12.7. The fourth-order valence-electron chi connectivity index (χ4n) is 4.62. The van der Waals surface area contributed by atoms with Crippen LogP contribution in [-0.4, -0.2) is 58.0 Å². The number of rotatable bonds is 3. The summed E-state index contributed by atoms with van der Waals surface area (Å²) in [6.45, 7) is 4.99. The van der Waals surface area contributed by atoms with E-state index in [1.54, 1.807) is 6.07 Å². The first-order valence-corrected chi connectivity index (χ1v) is 10.3. The van der Waals surface area contributed by atoms with Crippen molar-refractivity contribution in [3.8, 4) is 0 Å². The van der Waals surface area contributed by atoms with E-state index < -0.39 is 0 Å². The van der Waals surface area contributed by atoms with Crippen LogP contribution in [0.2, 0.25) is 0 Å². The van der Waals surface area contributed by atoms with E-state index in [9.17, 15) is 9.59 Å². The second-order valence-electron chi connectivity index (χ2n) is 8.06. The van der Waals surface area contributed by atoms with Crippen LogP contribution in [0.4, 0.5) is 0 Å². The Kier molecular flexibility index (Phi) is 5.38. The minimum Gasteiger partial charge on any atom is -0.341 e. The zero-order valence-corrected chi connectivity index (χ0v) is 15.7. The third kappa shape index (κ3) is 3.85. The standard InChI is InChI=1S/C20H30N4O2/c25-19-13-17(21-18-8-2-1-3-12-24(18)19)16-7-6-11-23(14-16)20(26)15-22-9-4-5-10-22/h13,16H,1-12,14-15H2/t16-/m0/s1. The molecular weight excluding hydrogens is 328 g/mol. The first-order chi connectivity index (χ1) is 12.7. The molecule has 0 aromatic carbocycles. The molecule has 0 radical (unpaired) electrons. The Morgan fingerprint density at radius 2 is 1.85 bits per heavy atom. The van der Waals surface area contributed by atoms with E-state index in [4.69, 9.17) is 4.98 Å². The molecule has 2 fully saturated rings. The number of aromatic nitrogens is 2. The minimum absolute atomic E-state index is 0.0902. The summed E-state index contributed by atoms with van der Waals surface area (Å²) in [4.78, 5) is 34.4. The molecule has 1 aromatic rings. The fourth-order valence-corrected chi connectivity index (χ4v) is 4.62. The summed E-state index contributed by atoms with van der Waals surface area (Å²) in [5.41, 5.74) is 0.995. The monoisotopic (exact) mass is 358 g/mol. The van der Waals surface area contributed by atoms with Crippen LogP contribution in [0.15, 0.2) is 10.9 Å². The predicted molar refractivity (Wildman–Crippen MR) is 100 cm³/mol. The molecular formula is C20H30N4O2. The molecule has 4 heterocycles. The van der Waals surface area contributed by atoms with Gasteiger partial charge in [0.05, 0.1) is 12.2 Å². The van der Waals surface area contributed by atoms with Crippen molar-refractivity contribution < 1.29 is 4.79 Å². The maximum Gasteiger partial charge on any atom is 0.253 e. The molecule has 1 amide bonds. The first kappa shape index (κ1) is 17.7. The van der Waals surface area contributed by atoms with E-state index in [0.29, 0.717) is 13.1 Å². The number of hydrogen-bond acceptors (Lipinski definition) is 4. The second kappa shape index (κ2) is 7.91. The number of piperidine rings is 1. The van der Waals surface area contributed by atoms with E-state index >= 15 is 0 Å². The Bertz CT molecular complexity index is 708. The minimum atomic E-state index is 0.0902. The van der Waals surface area contributed by atoms with Crippen LogP contribution < -0.4 is 5.56 Å². The molecule has 6 nitrogen and oxygen atoms in total. The lowest BCUT2D eigenvalue weighted by molar-refractivity contribution is -0.133. The Morgan fingerprint density at radius 1 is 1.04 bits per heavy atom. The summed E-state index contributed by atoms with van der Waals surface area (Å²) >= 11 is 0. The van der Waals surface area contributed by atoms with E-state index in [-0.39, 0.29) is 17.4 Å². The summed E-state index contributed by atoms with van der Waals surface area (Å²) in [6.07, 6.45) is 8.67. The van der Waals surface area contributed by atoms with Gasteiger partial charge in [-0.2, -0.15) is 0 Å². The van der Waals surface area contributed by atoms with Gasteiger partial charge in [-0.1, -0.05) is 6.42 Å². The molecule has 0 bridgehead atoms. The number of fused-ring (bicyclic) bond motifs is 1. The van der Waals surface area contributed by atoms with Gasteiger partial charge in [0.15, 0.2) is 0 Å². The van der Waals surface area contributed by atoms with Gasteiger partial charge >= 0.3 is 0 Å². The Balaban J connectivity index is 1.47. The highest BCUT2D eigenvalue weighted by Gasteiger charge is 2.28. The van der Waals surface area contributed by atoms with Crippen molar-refractivity contribution in [2.24, 2.45) is 0 Å². The molecule has 1 aromatic heterocycles. The van der Waals surface area contributed by atoms with Gasteiger partial charge in [-0.15, -0.1) is 0 Å². The van der Waals surface area contributed by atoms with Crippen LogP contribution in [-0.2, 0) is 17.8 Å². The van der Waals surface area contributed by atoms with Crippen molar-refractivity contribution >= 4 is 5.91 Å². The van der Waals surface area contributed by atoms with Gasteiger partial charge < -0.3 is 4.90 Å². The number of nitrogens with zero attached hydrogens (tertiary/aromatic N) is 4. The molecule has 142 valence electrons. The molecule has 0 saturated carbocycles. The predicted octanol–water partition coefficient (Wildman–Crippen LogP) is 1.77. The zero-order valence-electron chi connectivity index (χ0n) is 15.7. The summed E-state index contributed by atoms with van der Waals surface area (Å²) in [5, 5.41) is 0. The van der Waals surface area contributed by atoms with Crippen LogP contribution in [0.1, 0.15) is 62.4 Å². The van der Waals surface area contributed by atoms with Crippen LogP contribution in [0, 0.1) is 0 Å². The Hall–Kier alpha value is -1.69. The Labute approximate surface area is 155 Å². The maximum absolute atomic E-state index is 12.7. The summed E-state index contributed by atoms with van der Waals surface area (Å²) in [6, 6.07) is 1.73. The number of carbonyl (C=O) groups is 1. The van der Waals surface area contributed by atoms with Gasteiger partial charge in [0.1, 0.15) is 5.82 Å². The average molecular weight is 358 g/mol. The largest absolute Gasteiger partial charge is 0.341 e. The molecule has 0 aliphatic carbocycles. The van der Waals surface area contributed by atoms with Gasteiger partial charge in [0.2, 0.25) is 5.91 Å². The highest BCUT2D eigenvalue weighted by Crippen LogP contribution is 2.26. The fraction of sp³-hybridized carbons (Fsp3) is 0.750. The molecule has 4 rings (SSSR count). The summed E-state index contributed by atoms with van der Waals surface area (Å²) in [7, 11) is 0. The van der Waals surface area contributed by atoms with Gasteiger partial charge in [0, 0.05) is 38.0 Å². The van der Waals surface area contributed by atoms with Crippen LogP contribution in [0.25, 0.3) is 0 Å². The highest BCUT2D eigenvalue weighted by molar-refractivity contribution is 5.78. The summed E-state index contributed by atoms with van der Waals surface area (Å²) < 4.78 is 1.86. The van der Waals surface area contributed by atoms with Crippen molar-refractivity contribution in [2.75, 3.05) is 32.7 Å². The summed E-state index contributed by atoms with van der Waals surface area (Å²) in [5.74, 6) is 1.39. The van der Waals surface area contributed by atoms with E-state index in [2.05, 4.69) is 4.90 Å². The average Bonchev–Trinajstić information content (AvgIpc) is 3.04. The molecule has 6 heteroatoms. The van der Waals surface area contributed by atoms with Gasteiger partial charge in [-0.3, -0.25) is 19.1 Å². The van der Waals surface area contributed by atoms with Crippen molar-refractivity contribution in [1.29, 1.82) is 0 Å². The first-order valence-electron chi connectivity index (χ1n) is 10.3. The topological polar surface area (TPSA) is 58.4 Å². The zero-order chi connectivity index (χ0) is 17.9. The lowest BCUT2D eigenvalue weighted by atomic mass is 9.94. The second-order valence-corrected chi connectivity index (χ2v) is 8.06. The van der Waals surface area contributed by atoms with Gasteiger partial charge in [-0.25, -0.2) is 4.98 Å². The molecule has 0 spiro atoms. The third-order valence-corrected chi connectivity index (χ3v) is 6.14. The normalized spacial score (nSPS) is 24.3. The number of hydrogen-bond donors (Lipinski definition) is 0. The van der Waals surface area contributed by atoms with Crippen molar-refractivity contribution in [3.63, 3.8) is 0 Å². The molecule has 2 saturated heterocycles. The quantitative estimate of drug-likeness (QED) is 0.826. The van der Waals surface area contributed by atoms with E-state index in [1.165, 1.54) is 19.3 Å². The number of aryl methyl sites for hydroxylation is 1. The van der Waals surface area contributed by atoms with Crippen molar-refractivity contribution in [1.82, 2.24) is 19.4 Å². The SMILES string of the molecule is O=C(CN1CCCC1)N1CCC[C@H](c2cc(=O)n3c(n2)CCCCC3)C1. The van der Waals surface area contributed by atoms with Crippen molar-refractivity contribution in [3.05, 3.63) is 27.9 Å². The molecule has 0 unspecified atom stereocenters. The molecule has 26 heavy (non-hydrogen) atoms. The van der Waals surface area contributed by atoms with Crippen LogP contribution in [0.3, 0.4) is 0 Å². The number of likely N-dealkylation sites (tertiary alicyclic amines) is 2. The Morgan fingerprint density at radius 3 is 2.69 bits per heavy atom. The van der Waals surface area contributed by atoms with E-state index in [1.807, 2.05) is 9.47 Å². The molecule has 3 aliphatic rings. The van der Waals surface area contributed by atoms with E-state index in [0.717, 1.165) is 69.8 Å². The van der Waals surface area contributed by atoms with Gasteiger partial charge in [-0.05, 0) is 51.6 Å². The molecule has 1 atom stereocenters. The van der Waals surface area contributed by atoms with Gasteiger partial charge in [0.25, 0.3) is 5.56 Å². The van der Waals surface area contributed by atoms with Crippen LogP contribution >= 0.6 is 0 Å².